The summed E-state index contributed by atoms with van der Waals surface area (Å²) in [6.45, 7) is 54.7. The molecule has 22 fully saturated rings. The van der Waals surface area contributed by atoms with Gasteiger partial charge < -0.3 is 0 Å². The van der Waals surface area contributed by atoms with E-state index in [1.54, 1.807) is 148 Å². The lowest BCUT2D eigenvalue weighted by Gasteiger charge is -2.46. The van der Waals surface area contributed by atoms with Crippen LogP contribution in [-0.2, 0) is 0 Å². The van der Waals surface area contributed by atoms with Gasteiger partial charge >= 0.3 is 0 Å². The van der Waals surface area contributed by atoms with Crippen LogP contribution < -0.4 is 0 Å². The van der Waals surface area contributed by atoms with Crippen LogP contribution >= 0.6 is 0 Å². The zero-order valence-corrected chi connectivity index (χ0v) is 69.9. The minimum absolute atomic E-state index is 0.583. The van der Waals surface area contributed by atoms with Crippen LogP contribution in [0.2, 0.25) is 0 Å². The number of hydrogen-bond acceptors (Lipinski definition) is 0. The second-order valence-electron chi connectivity index (χ2n) is 48.7. The van der Waals surface area contributed by atoms with E-state index in [0.717, 1.165) is 111 Å². The van der Waals surface area contributed by atoms with Crippen LogP contribution in [-0.4, -0.2) is 0 Å². The summed E-state index contributed by atoms with van der Waals surface area (Å²) in [5, 5.41) is 0. The fourth-order valence-corrected chi connectivity index (χ4v) is 36.7. The molecule has 0 saturated heterocycles. The molecule has 0 aromatic rings. The van der Waals surface area contributed by atoms with Crippen LogP contribution in [0.4, 0.5) is 0 Å². The first-order valence-electron chi connectivity index (χ1n) is 45.9. The van der Waals surface area contributed by atoms with Gasteiger partial charge in [-0.05, 0) is 411 Å². The molecule has 0 aliphatic heterocycles. The zero-order chi connectivity index (χ0) is 69.9. The van der Waals surface area contributed by atoms with Crippen molar-refractivity contribution in [3.63, 3.8) is 0 Å². The van der Waals surface area contributed by atoms with Gasteiger partial charge in [0.2, 0.25) is 0 Å². The van der Waals surface area contributed by atoms with Crippen molar-refractivity contribution >= 4 is 0 Å². The first kappa shape index (κ1) is 73.5. The monoisotopic (exact) mass is 1350 g/mol. The number of fused-ring (bicyclic) bond motifs is 36. The van der Waals surface area contributed by atoms with Crippen molar-refractivity contribution in [3.8, 4) is 0 Å². The molecular weight excluding hydrogens is 1180 g/mol. The molecule has 22 saturated carbocycles. The van der Waals surface area contributed by atoms with Crippen LogP contribution in [0.1, 0.15) is 396 Å². The standard InChI is InChI=1S/C15H24.C14H22.C13H22.C13H24.C12H20.C12H22.C10H18.C9H16/c1-3-15(2)8-11-7-12(15)14-10-5-4-9(6-10)13(11)14;1-14(2)7-10-6-11(14)13-9-4-3-8(5-9)12(10)13;1-3-13(2)8-9-7-12(13)11-6-4-5-10(9)11;1-6-12(4)9-10-7-8-13(12,5)11(10,2)3;1-12(2)7-8-6-11(12)10-5-3-4-9(8)10;1-10(2)8-9-6-7-12(10,5)11(9,3)4;1-3-10(2)7-8-4-5-9(10)6-8;1-9(2)6-7-3-4-8(9)5-7/h9-14H,3-8H2,1-2H3;8-13H,3-7H2,1-2H3;9-12H,3-8H2,1-2H3;10H,6-9H2,1-5H3;8-11H,3-7H2,1-2H3;9H,6-8H2,1-5H3;8-9H,3-7H2,1-2H3;7-8H,3-6H2,1-2H3/t9?,10?,11?,12?,13?,14?,15-;;9?,10?,11?,12?,13-;10?,12-,13?;;;8?,9?,10-;/m0.00..0./s1. The maximum Gasteiger partial charge on any atom is -0.0218 e. The van der Waals surface area contributed by atoms with Gasteiger partial charge in [-0.3, -0.25) is 0 Å². The van der Waals surface area contributed by atoms with Gasteiger partial charge in [0, 0.05) is 0 Å². The predicted octanol–water partition coefficient (Wildman–Crippen LogP) is 29.3. The number of rotatable bonds is 4. The van der Waals surface area contributed by atoms with Gasteiger partial charge in [-0.1, -0.05) is 204 Å². The summed E-state index contributed by atoms with van der Waals surface area (Å²) >= 11 is 0. The SMILES string of the molecule is CC1(C)CC2CC1C1C3CCC(C3)C21.CC1(C)CC2CC1C1CCCC21.CC1(C)CC2CCC1(C)C2(C)C.CC1(C)CC2CCC1C2.CC[C@@]1(C)CC2CC1C1C3CCC(C3)C21.CC[C@@]1(C)CC2CC1C1CCCC21.CC[C@@]1(C)CC2CCC1(C)C2(C)C.CC[C@@]1(C)CC2CCC1C2. The predicted molar refractivity (Wildman–Crippen MR) is 420 cm³/mol. The van der Waals surface area contributed by atoms with E-state index in [-0.39, 0.29) is 0 Å². The Morgan fingerprint density at radius 2 is 0.684 bits per heavy atom. The van der Waals surface area contributed by atoms with Crippen LogP contribution in [0.3, 0.4) is 0 Å². The van der Waals surface area contributed by atoms with Crippen molar-refractivity contribution in [2.75, 3.05) is 0 Å². The minimum atomic E-state index is 0.583. The third kappa shape index (κ3) is 11.4. The third-order valence-electron chi connectivity index (χ3n) is 43.8. The van der Waals surface area contributed by atoms with Gasteiger partial charge in [-0.15, -0.1) is 0 Å². The second kappa shape index (κ2) is 25.3. The Morgan fingerprint density at radius 3 is 1.10 bits per heavy atom. The highest BCUT2D eigenvalue weighted by molar-refractivity contribution is 5.18. The quantitative estimate of drug-likeness (QED) is 0.246. The van der Waals surface area contributed by atoms with Crippen molar-refractivity contribution in [3.05, 3.63) is 0 Å². The van der Waals surface area contributed by atoms with E-state index < -0.39 is 0 Å². The lowest BCUT2D eigenvalue weighted by Crippen LogP contribution is -2.39. The topological polar surface area (TPSA) is 0 Å². The van der Waals surface area contributed by atoms with Crippen LogP contribution in [0.25, 0.3) is 0 Å². The molecule has 22 rings (SSSR count). The highest BCUT2D eigenvalue weighted by Crippen LogP contribution is 2.77. The van der Waals surface area contributed by atoms with Crippen molar-refractivity contribution < 1.29 is 0 Å². The summed E-state index contributed by atoms with van der Waals surface area (Å²) in [7, 11) is 0. The molecule has 32 atom stereocenters. The molecule has 0 amide bonds. The van der Waals surface area contributed by atoms with Gasteiger partial charge in [0.1, 0.15) is 0 Å². The fraction of sp³-hybridized carbons (Fsp3) is 1.00. The Balaban J connectivity index is 0.0000000918. The van der Waals surface area contributed by atoms with Crippen molar-refractivity contribution in [2.45, 2.75) is 396 Å². The summed E-state index contributed by atoms with van der Waals surface area (Å²) in [5.41, 5.74) is 7.97. The Hall–Kier alpha value is 0. The molecule has 0 aromatic carbocycles. The first-order chi connectivity index (χ1) is 45.9. The molecule has 0 radical (unpaired) electrons. The molecule has 0 spiro atoms. The molecule has 28 unspecified atom stereocenters. The Bertz CT molecular complexity index is 2820. The molecule has 0 aromatic heterocycles. The van der Waals surface area contributed by atoms with E-state index in [1.807, 2.05) is 0 Å². The van der Waals surface area contributed by atoms with Gasteiger partial charge in [0.25, 0.3) is 0 Å². The summed E-state index contributed by atoms with van der Waals surface area (Å²) < 4.78 is 0. The largest absolute Gasteiger partial charge is 0.0649 e. The molecule has 560 valence electrons. The minimum Gasteiger partial charge on any atom is -0.0649 e. The highest BCUT2D eigenvalue weighted by Gasteiger charge is 2.69. The van der Waals surface area contributed by atoms with Gasteiger partial charge in [0.05, 0.1) is 0 Å². The van der Waals surface area contributed by atoms with Crippen LogP contribution in [0.15, 0.2) is 0 Å². The average Bonchev–Trinajstić information content (AvgIpc) is 1.56. The maximum atomic E-state index is 2.60. The Kier molecular flexibility index (Phi) is 19.0. The van der Waals surface area contributed by atoms with Crippen molar-refractivity contribution in [1.82, 2.24) is 0 Å². The summed E-state index contributed by atoms with van der Waals surface area (Å²) in [6.07, 6.45) is 58.4. The second-order valence-corrected chi connectivity index (χ2v) is 48.7. The molecule has 98 heavy (non-hydrogen) atoms. The molecule has 0 heterocycles. The first-order valence-corrected chi connectivity index (χ1v) is 45.9. The van der Waals surface area contributed by atoms with E-state index in [1.165, 1.54) is 155 Å². The molecule has 22 aliphatic rings. The van der Waals surface area contributed by atoms with Crippen LogP contribution in [0.5, 0.6) is 0 Å². The molecule has 20 bridgehead atoms. The molecule has 0 nitrogen and oxygen atoms in total. The van der Waals surface area contributed by atoms with E-state index in [4.69, 9.17) is 0 Å². The van der Waals surface area contributed by atoms with Gasteiger partial charge in [0.15, 0.2) is 0 Å². The van der Waals surface area contributed by atoms with Gasteiger partial charge in [-0.2, -0.15) is 0 Å². The lowest BCUT2D eigenvalue weighted by molar-refractivity contribution is 0.0257. The lowest BCUT2D eigenvalue weighted by atomic mass is 9.58. The van der Waals surface area contributed by atoms with Crippen molar-refractivity contribution in [1.29, 1.82) is 0 Å². The zero-order valence-electron chi connectivity index (χ0n) is 69.9. The normalized spacial score (nSPS) is 55.8. The fourth-order valence-electron chi connectivity index (χ4n) is 36.7. The molecule has 22 aliphatic carbocycles. The highest BCUT2D eigenvalue weighted by atomic mass is 14.7. The number of hydrogen-bond donors (Lipinski definition) is 0. The van der Waals surface area contributed by atoms with Crippen LogP contribution in [0, 0.1) is 219 Å². The third-order valence-corrected chi connectivity index (χ3v) is 43.8. The van der Waals surface area contributed by atoms with Crippen molar-refractivity contribution in [2.24, 2.45) is 219 Å². The van der Waals surface area contributed by atoms with E-state index in [0.29, 0.717) is 48.7 Å². The van der Waals surface area contributed by atoms with E-state index in [2.05, 4.69) is 152 Å². The maximum absolute atomic E-state index is 2.60. The summed E-state index contributed by atoms with van der Waals surface area (Å²) in [6, 6.07) is 0. The summed E-state index contributed by atoms with van der Waals surface area (Å²) in [4.78, 5) is 0. The Morgan fingerprint density at radius 1 is 0.255 bits per heavy atom. The average molecular weight is 1350 g/mol. The molecule has 0 heteroatoms. The van der Waals surface area contributed by atoms with Gasteiger partial charge in [-0.25, -0.2) is 0 Å². The molecular formula is C98H168. The Labute approximate surface area is 611 Å². The van der Waals surface area contributed by atoms with E-state index >= 15 is 0 Å². The smallest absolute Gasteiger partial charge is 0.0218 e. The van der Waals surface area contributed by atoms with E-state index in [9.17, 15) is 0 Å². The molecule has 0 N–H and O–H groups in total. The summed E-state index contributed by atoms with van der Waals surface area (Å²) in [5.74, 6) is 29.6.